The molecule has 0 saturated carbocycles. The van der Waals surface area contributed by atoms with E-state index in [0.717, 1.165) is 28.1 Å². The molecule has 0 bridgehead atoms. The number of halogens is 3. The van der Waals surface area contributed by atoms with Gasteiger partial charge in [-0.15, -0.1) is 3.94 Å². The standard InChI is InChI=1S/C20H42Cl2N3O4.ClH/c1-7-11-25(5,6)12-14-28-16-18-29-17-15-27-13-8-19(26)23(4)10-9-20(2,3)24(21)22;/h7-18H2,1-6H3;1H/q+1;/p-1. The third-order valence-corrected chi connectivity index (χ3v) is 5.73. The first kappa shape index (κ1) is 32.3. The number of rotatable bonds is 18. The van der Waals surface area contributed by atoms with Crippen LogP contribution < -0.4 is 12.4 Å². The van der Waals surface area contributed by atoms with Crippen molar-refractivity contribution in [1.82, 2.24) is 8.84 Å². The van der Waals surface area contributed by atoms with E-state index in [-0.39, 0.29) is 23.9 Å². The molecule has 0 fully saturated rings. The third kappa shape index (κ3) is 16.8. The Bertz CT molecular complexity index is 442. The van der Waals surface area contributed by atoms with E-state index in [4.69, 9.17) is 37.8 Å². The van der Waals surface area contributed by atoms with E-state index in [2.05, 4.69) is 21.0 Å². The molecule has 182 valence electrons. The lowest BCUT2D eigenvalue weighted by Crippen LogP contribution is -3.00. The monoisotopic (exact) mass is 493 g/mol. The van der Waals surface area contributed by atoms with E-state index in [9.17, 15) is 4.79 Å². The zero-order chi connectivity index (χ0) is 22.3. The molecule has 30 heavy (non-hydrogen) atoms. The number of amides is 1. The Morgan fingerprint density at radius 1 is 0.933 bits per heavy atom. The number of hydrogen-bond acceptors (Lipinski definition) is 5. The van der Waals surface area contributed by atoms with Gasteiger partial charge in [-0.3, -0.25) is 4.79 Å². The summed E-state index contributed by atoms with van der Waals surface area (Å²) in [5.41, 5.74) is -0.389. The summed E-state index contributed by atoms with van der Waals surface area (Å²) in [6.45, 7) is 12.0. The zero-order valence-electron chi connectivity index (χ0n) is 19.6. The highest BCUT2D eigenvalue weighted by molar-refractivity contribution is 6.34. The lowest BCUT2D eigenvalue weighted by atomic mass is 10.0. The van der Waals surface area contributed by atoms with Crippen LogP contribution in [0.5, 0.6) is 0 Å². The van der Waals surface area contributed by atoms with Gasteiger partial charge in [-0.2, -0.15) is 0 Å². The van der Waals surface area contributed by atoms with Crippen LogP contribution in [0.3, 0.4) is 0 Å². The average molecular weight is 495 g/mol. The topological polar surface area (TPSA) is 51.2 Å². The summed E-state index contributed by atoms with van der Waals surface area (Å²) in [5, 5.41) is 0. The highest BCUT2D eigenvalue weighted by Crippen LogP contribution is 2.23. The maximum absolute atomic E-state index is 12.1. The Balaban J connectivity index is 0. The molecule has 0 spiro atoms. The number of carbonyl (C=O) groups excluding carboxylic acids is 1. The van der Waals surface area contributed by atoms with Crippen molar-refractivity contribution in [3.63, 3.8) is 0 Å². The fraction of sp³-hybridized carbons (Fsp3) is 0.950. The maximum atomic E-state index is 12.1. The molecule has 0 aromatic rings. The van der Waals surface area contributed by atoms with Crippen molar-refractivity contribution in [2.24, 2.45) is 0 Å². The largest absolute Gasteiger partial charge is 1.00 e. The highest BCUT2D eigenvalue weighted by atomic mass is 35.5. The second kappa shape index (κ2) is 17.7. The van der Waals surface area contributed by atoms with E-state index in [1.807, 2.05) is 13.8 Å². The summed E-state index contributed by atoms with van der Waals surface area (Å²) in [6, 6.07) is 0. The summed E-state index contributed by atoms with van der Waals surface area (Å²) < 4.78 is 18.7. The van der Waals surface area contributed by atoms with E-state index >= 15 is 0 Å². The predicted molar refractivity (Wildman–Crippen MR) is 119 cm³/mol. The van der Waals surface area contributed by atoms with Gasteiger partial charge in [0, 0.05) is 19.1 Å². The molecule has 0 radical (unpaired) electrons. The van der Waals surface area contributed by atoms with Crippen LogP contribution in [0.4, 0.5) is 0 Å². The van der Waals surface area contributed by atoms with E-state index < -0.39 is 0 Å². The van der Waals surface area contributed by atoms with Gasteiger partial charge in [0.15, 0.2) is 0 Å². The first-order chi connectivity index (χ1) is 13.5. The Morgan fingerprint density at radius 3 is 1.93 bits per heavy atom. The molecule has 0 aromatic carbocycles. The van der Waals surface area contributed by atoms with E-state index in [1.54, 1.807) is 11.9 Å². The minimum Gasteiger partial charge on any atom is -1.00 e. The van der Waals surface area contributed by atoms with Gasteiger partial charge in [0.25, 0.3) is 0 Å². The van der Waals surface area contributed by atoms with Crippen LogP contribution >= 0.6 is 23.6 Å². The number of hydrogen-bond donors (Lipinski definition) is 0. The first-order valence-corrected chi connectivity index (χ1v) is 11.1. The molecule has 0 rings (SSSR count). The Kier molecular flexibility index (Phi) is 19.0. The molecule has 1 amide bonds. The summed E-state index contributed by atoms with van der Waals surface area (Å²) in [7, 11) is 6.21. The van der Waals surface area contributed by atoms with Crippen LogP contribution in [-0.2, 0) is 19.0 Å². The van der Waals surface area contributed by atoms with Crippen LogP contribution in [0.2, 0.25) is 0 Å². The van der Waals surface area contributed by atoms with Gasteiger partial charge in [-0.05, 0) is 50.2 Å². The molecular weight excluding hydrogens is 453 g/mol. The van der Waals surface area contributed by atoms with Gasteiger partial charge in [-0.25, -0.2) is 0 Å². The Hall–Kier alpha value is 0.140. The van der Waals surface area contributed by atoms with Crippen LogP contribution in [-0.4, -0.2) is 105 Å². The lowest BCUT2D eigenvalue weighted by Gasteiger charge is -2.29. The van der Waals surface area contributed by atoms with Crippen molar-refractivity contribution in [3.05, 3.63) is 0 Å². The lowest BCUT2D eigenvalue weighted by molar-refractivity contribution is -0.890. The van der Waals surface area contributed by atoms with E-state index in [1.165, 1.54) is 6.42 Å². The number of likely N-dealkylation sites (N-methyl/N-ethyl adjacent to an activating group) is 1. The molecule has 0 unspecified atom stereocenters. The van der Waals surface area contributed by atoms with Gasteiger partial charge >= 0.3 is 0 Å². The first-order valence-electron chi connectivity index (χ1n) is 10.4. The van der Waals surface area contributed by atoms with E-state index in [0.29, 0.717) is 52.4 Å². The molecule has 0 aliphatic carbocycles. The summed E-state index contributed by atoms with van der Waals surface area (Å²) in [4.78, 5) is 13.8. The van der Waals surface area contributed by atoms with Gasteiger partial charge in [0.1, 0.15) is 6.54 Å². The molecule has 7 nitrogen and oxygen atoms in total. The number of carbonyl (C=O) groups is 1. The summed E-state index contributed by atoms with van der Waals surface area (Å²) in [6.07, 6.45) is 2.20. The maximum Gasteiger partial charge on any atom is 0.224 e. The van der Waals surface area contributed by atoms with Gasteiger partial charge in [0.05, 0.1) is 66.7 Å². The molecule has 0 N–H and O–H groups in total. The second-order valence-corrected chi connectivity index (χ2v) is 9.43. The molecule has 0 atom stereocenters. The quantitative estimate of drug-likeness (QED) is 0.154. The number of nitrogens with zero attached hydrogens (tertiary/aromatic N) is 3. The van der Waals surface area contributed by atoms with Crippen LogP contribution in [0.25, 0.3) is 0 Å². The third-order valence-electron chi connectivity index (χ3n) is 4.82. The normalized spacial score (nSPS) is 12.2. The molecule has 0 saturated heterocycles. The van der Waals surface area contributed by atoms with Crippen LogP contribution in [0.15, 0.2) is 0 Å². The summed E-state index contributed by atoms with van der Waals surface area (Å²) in [5.74, 6) is 0.0372. The number of quaternary nitrogens is 1. The second-order valence-electron chi connectivity index (χ2n) is 8.58. The molecule has 10 heteroatoms. The van der Waals surface area contributed by atoms with Gasteiger partial charge in [0.2, 0.25) is 5.91 Å². The molecule has 0 aromatic heterocycles. The highest BCUT2D eigenvalue weighted by Gasteiger charge is 2.25. The molecule has 0 aliphatic rings. The minimum atomic E-state index is -0.389. The van der Waals surface area contributed by atoms with Crippen molar-refractivity contribution in [2.75, 3.05) is 80.4 Å². The smallest absolute Gasteiger partial charge is 0.224 e. The average Bonchev–Trinajstić information content (AvgIpc) is 2.63. The predicted octanol–water partition coefficient (Wildman–Crippen LogP) is 0.153. The fourth-order valence-corrected chi connectivity index (χ4v) is 2.74. The Labute approximate surface area is 200 Å². The number of ether oxygens (including phenoxy) is 3. The fourth-order valence-electron chi connectivity index (χ4n) is 2.57. The van der Waals surface area contributed by atoms with Gasteiger partial charge < -0.3 is 36.0 Å². The zero-order valence-corrected chi connectivity index (χ0v) is 21.9. The molecule has 0 heterocycles. The van der Waals surface area contributed by atoms with Crippen LogP contribution in [0.1, 0.15) is 40.0 Å². The molecular formula is C20H42Cl3N3O4. The van der Waals surface area contributed by atoms with Crippen molar-refractivity contribution in [2.45, 2.75) is 45.6 Å². The van der Waals surface area contributed by atoms with Crippen molar-refractivity contribution in [3.8, 4) is 0 Å². The Morgan fingerprint density at radius 2 is 1.43 bits per heavy atom. The van der Waals surface area contributed by atoms with Crippen molar-refractivity contribution in [1.29, 1.82) is 0 Å². The van der Waals surface area contributed by atoms with Crippen molar-refractivity contribution >= 4 is 29.5 Å². The van der Waals surface area contributed by atoms with Crippen molar-refractivity contribution < 1.29 is 35.9 Å². The van der Waals surface area contributed by atoms with Crippen LogP contribution in [0, 0.1) is 0 Å². The minimum absolute atomic E-state index is 0. The summed E-state index contributed by atoms with van der Waals surface area (Å²) >= 11 is 11.6. The SMILES string of the molecule is CCC[N+](C)(C)CCOCCOCCOCCC(=O)N(C)CCC(C)(C)N(Cl)Cl.[Cl-]. The molecule has 0 aliphatic heterocycles. The van der Waals surface area contributed by atoms with Gasteiger partial charge in [-0.1, -0.05) is 6.92 Å².